The van der Waals surface area contributed by atoms with Gasteiger partial charge in [0.25, 0.3) is 0 Å². The van der Waals surface area contributed by atoms with Crippen molar-refractivity contribution in [2.75, 3.05) is 19.6 Å². The van der Waals surface area contributed by atoms with Crippen LogP contribution in [0.1, 0.15) is 60.3 Å². The first kappa shape index (κ1) is 15.3. The van der Waals surface area contributed by atoms with Crippen LogP contribution in [0.3, 0.4) is 0 Å². The molecule has 0 aromatic heterocycles. The molecule has 2 nitrogen and oxygen atoms in total. The Morgan fingerprint density at radius 3 is 2.42 bits per heavy atom. The van der Waals surface area contributed by atoms with Gasteiger partial charge in [-0.05, 0) is 37.5 Å². The molecule has 4 unspecified atom stereocenters. The zero-order chi connectivity index (χ0) is 14.0. The molecule has 1 aliphatic heterocycles. The SMILES string of the molecule is CCC(C)CN1CC(C(C)CC)NCC1(C)C1CC1. The molecule has 112 valence electrons. The molecule has 0 bridgehead atoms. The van der Waals surface area contributed by atoms with Crippen molar-refractivity contribution in [1.29, 1.82) is 0 Å². The lowest BCUT2D eigenvalue weighted by molar-refractivity contribution is 0.0127. The molecule has 0 amide bonds. The average Bonchev–Trinajstić information content (AvgIpc) is 3.25. The Hall–Kier alpha value is -0.0800. The summed E-state index contributed by atoms with van der Waals surface area (Å²) in [6.07, 6.45) is 5.49. The van der Waals surface area contributed by atoms with Crippen LogP contribution in [-0.2, 0) is 0 Å². The Balaban J connectivity index is 2.05. The van der Waals surface area contributed by atoms with E-state index < -0.39 is 0 Å². The monoisotopic (exact) mass is 266 g/mol. The first-order valence-electron chi connectivity index (χ1n) is 8.49. The third-order valence-corrected chi connectivity index (χ3v) is 5.88. The summed E-state index contributed by atoms with van der Waals surface area (Å²) >= 11 is 0. The summed E-state index contributed by atoms with van der Waals surface area (Å²) in [7, 11) is 0. The topological polar surface area (TPSA) is 15.3 Å². The molecule has 2 aliphatic rings. The van der Waals surface area contributed by atoms with Gasteiger partial charge in [0, 0.05) is 31.2 Å². The van der Waals surface area contributed by atoms with Crippen LogP contribution < -0.4 is 5.32 Å². The van der Waals surface area contributed by atoms with Crippen molar-refractivity contribution < 1.29 is 0 Å². The van der Waals surface area contributed by atoms with Crippen molar-refractivity contribution in [2.24, 2.45) is 17.8 Å². The van der Waals surface area contributed by atoms with Crippen LogP contribution in [0.2, 0.25) is 0 Å². The largest absolute Gasteiger partial charge is 0.311 e. The van der Waals surface area contributed by atoms with E-state index in [0.29, 0.717) is 11.6 Å². The zero-order valence-electron chi connectivity index (χ0n) is 13.7. The first-order valence-corrected chi connectivity index (χ1v) is 8.49. The van der Waals surface area contributed by atoms with Gasteiger partial charge in [0.05, 0.1) is 0 Å². The Morgan fingerprint density at radius 1 is 1.21 bits per heavy atom. The summed E-state index contributed by atoms with van der Waals surface area (Å²) in [5, 5.41) is 3.86. The van der Waals surface area contributed by atoms with Gasteiger partial charge in [0.15, 0.2) is 0 Å². The third kappa shape index (κ3) is 3.33. The second-order valence-electron chi connectivity index (χ2n) is 7.42. The predicted molar refractivity (Wildman–Crippen MR) is 83.4 cm³/mol. The molecule has 0 aromatic rings. The molecule has 19 heavy (non-hydrogen) atoms. The van der Waals surface area contributed by atoms with Gasteiger partial charge in [0.2, 0.25) is 0 Å². The third-order valence-electron chi connectivity index (χ3n) is 5.88. The second kappa shape index (κ2) is 6.13. The van der Waals surface area contributed by atoms with Crippen LogP contribution in [0.15, 0.2) is 0 Å². The average molecular weight is 266 g/mol. The highest BCUT2D eigenvalue weighted by atomic mass is 15.3. The molecule has 4 atom stereocenters. The van der Waals surface area contributed by atoms with Crippen molar-refractivity contribution in [3.8, 4) is 0 Å². The van der Waals surface area contributed by atoms with Gasteiger partial charge in [-0.1, -0.05) is 40.5 Å². The Labute approximate surface area is 120 Å². The van der Waals surface area contributed by atoms with Crippen LogP contribution in [0.4, 0.5) is 0 Å². The van der Waals surface area contributed by atoms with Crippen molar-refractivity contribution in [3.05, 3.63) is 0 Å². The molecule has 2 rings (SSSR count). The molecular weight excluding hydrogens is 232 g/mol. The number of nitrogens with one attached hydrogen (secondary N) is 1. The van der Waals surface area contributed by atoms with E-state index in [1.807, 2.05) is 0 Å². The summed E-state index contributed by atoms with van der Waals surface area (Å²) in [6.45, 7) is 15.7. The smallest absolute Gasteiger partial charge is 0.0334 e. The van der Waals surface area contributed by atoms with Gasteiger partial charge in [-0.3, -0.25) is 4.90 Å². The molecule has 2 heteroatoms. The van der Waals surface area contributed by atoms with E-state index in [0.717, 1.165) is 17.8 Å². The Kier molecular flexibility index (Phi) is 4.94. The van der Waals surface area contributed by atoms with Gasteiger partial charge in [-0.25, -0.2) is 0 Å². The highest BCUT2D eigenvalue weighted by Crippen LogP contribution is 2.44. The molecule has 0 aromatic carbocycles. The lowest BCUT2D eigenvalue weighted by atomic mass is 9.85. The maximum atomic E-state index is 3.86. The molecule has 1 heterocycles. The van der Waals surface area contributed by atoms with Gasteiger partial charge >= 0.3 is 0 Å². The number of nitrogens with zero attached hydrogens (tertiary/aromatic N) is 1. The van der Waals surface area contributed by atoms with E-state index in [4.69, 9.17) is 0 Å². The fraction of sp³-hybridized carbons (Fsp3) is 1.00. The minimum atomic E-state index is 0.424. The zero-order valence-corrected chi connectivity index (χ0v) is 13.7. The number of hydrogen-bond acceptors (Lipinski definition) is 2. The lowest BCUT2D eigenvalue weighted by Crippen LogP contribution is -2.66. The number of hydrogen-bond donors (Lipinski definition) is 1. The second-order valence-corrected chi connectivity index (χ2v) is 7.42. The minimum Gasteiger partial charge on any atom is -0.311 e. The Morgan fingerprint density at radius 2 is 1.89 bits per heavy atom. The lowest BCUT2D eigenvalue weighted by Gasteiger charge is -2.50. The van der Waals surface area contributed by atoms with Crippen LogP contribution in [0, 0.1) is 17.8 Å². The fourth-order valence-electron chi connectivity index (χ4n) is 3.52. The first-order chi connectivity index (χ1) is 9.01. The predicted octanol–water partition coefficient (Wildman–Crippen LogP) is 3.52. The summed E-state index contributed by atoms with van der Waals surface area (Å²) in [5.41, 5.74) is 0.424. The number of piperazine rings is 1. The maximum Gasteiger partial charge on any atom is 0.0334 e. The molecule has 0 spiro atoms. The van der Waals surface area contributed by atoms with Gasteiger partial charge in [0.1, 0.15) is 0 Å². The quantitative estimate of drug-likeness (QED) is 0.791. The molecule has 0 radical (unpaired) electrons. The summed E-state index contributed by atoms with van der Waals surface area (Å²) in [6, 6.07) is 0.695. The summed E-state index contributed by atoms with van der Waals surface area (Å²) in [5.74, 6) is 2.57. The molecule has 1 N–H and O–H groups in total. The van der Waals surface area contributed by atoms with Crippen LogP contribution in [-0.4, -0.2) is 36.1 Å². The van der Waals surface area contributed by atoms with Crippen molar-refractivity contribution in [3.63, 3.8) is 0 Å². The van der Waals surface area contributed by atoms with E-state index in [9.17, 15) is 0 Å². The van der Waals surface area contributed by atoms with Crippen molar-refractivity contribution in [2.45, 2.75) is 71.9 Å². The van der Waals surface area contributed by atoms with Gasteiger partial charge in [-0.2, -0.15) is 0 Å². The normalized spacial score (nSPS) is 36.2. The van der Waals surface area contributed by atoms with E-state index in [-0.39, 0.29) is 0 Å². The molecule has 2 fully saturated rings. The Bertz CT molecular complexity index is 287. The van der Waals surface area contributed by atoms with E-state index >= 15 is 0 Å². The van der Waals surface area contributed by atoms with Crippen molar-refractivity contribution >= 4 is 0 Å². The van der Waals surface area contributed by atoms with Gasteiger partial charge in [-0.15, -0.1) is 0 Å². The maximum absolute atomic E-state index is 3.86. The molecule has 1 saturated carbocycles. The summed E-state index contributed by atoms with van der Waals surface area (Å²) in [4.78, 5) is 2.84. The van der Waals surface area contributed by atoms with Crippen LogP contribution in [0.25, 0.3) is 0 Å². The molecule has 1 aliphatic carbocycles. The van der Waals surface area contributed by atoms with E-state index in [1.54, 1.807) is 0 Å². The van der Waals surface area contributed by atoms with E-state index in [1.165, 1.54) is 45.3 Å². The highest BCUT2D eigenvalue weighted by Gasteiger charge is 2.48. The highest BCUT2D eigenvalue weighted by molar-refractivity contribution is 5.05. The van der Waals surface area contributed by atoms with Crippen LogP contribution >= 0.6 is 0 Å². The molecule has 1 saturated heterocycles. The van der Waals surface area contributed by atoms with E-state index in [2.05, 4.69) is 44.8 Å². The van der Waals surface area contributed by atoms with Gasteiger partial charge < -0.3 is 5.32 Å². The summed E-state index contributed by atoms with van der Waals surface area (Å²) < 4.78 is 0. The minimum absolute atomic E-state index is 0.424. The molecular formula is C17H34N2. The van der Waals surface area contributed by atoms with Crippen molar-refractivity contribution in [1.82, 2.24) is 10.2 Å². The standard InChI is InChI=1S/C17H34N2/c1-6-13(3)10-19-11-16(14(4)7-2)18-12-17(19,5)15-8-9-15/h13-16,18H,6-12H2,1-5H3. The fourth-order valence-corrected chi connectivity index (χ4v) is 3.52. The number of rotatable bonds is 6. The van der Waals surface area contributed by atoms with Crippen LogP contribution in [0.5, 0.6) is 0 Å².